The van der Waals surface area contributed by atoms with Gasteiger partial charge in [0.2, 0.25) is 0 Å². The molecule has 164 valence electrons. The van der Waals surface area contributed by atoms with Crippen LogP contribution < -0.4 is 5.32 Å². The topological polar surface area (TPSA) is 53.4 Å². The van der Waals surface area contributed by atoms with Crippen LogP contribution in [0.1, 0.15) is 29.2 Å². The Kier molecular flexibility index (Phi) is 6.04. The van der Waals surface area contributed by atoms with Crippen LogP contribution in [0.4, 0.5) is 4.39 Å². The fourth-order valence-electron chi connectivity index (χ4n) is 4.00. The third-order valence-electron chi connectivity index (χ3n) is 5.71. The first-order valence-corrected chi connectivity index (χ1v) is 11.2. The number of thiocarbonyl (C=S) groups is 1. The minimum atomic E-state index is -0.267. The van der Waals surface area contributed by atoms with Gasteiger partial charge in [-0.1, -0.05) is 48.5 Å². The zero-order valence-electron chi connectivity index (χ0n) is 17.9. The van der Waals surface area contributed by atoms with Crippen LogP contribution >= 0.6 is 12.2 Å². The second kappa shape index (κ2) is 9.42. The number of nitrogens with one attached hydrogen (secondary N) is 1. The van der Waals surface area contributed by atoms with Gasteiger partial charge in [0.05, 0.1) is 22.8 Å². The SMILES string of the molecule is Fc1ccc(C2=NN(C(=S)NCCc3ccccc3)[C@@H](c3ccc4nccnc4c3)C2)cc1. The Morgan fingerprint density at radius 2 is 1.73 bits per heavy atom. The van der Waals surface area contributed by atoms with Gasteiger partial charge < -0.3 is 5.32 Å². The normalized spacial score (nSPS) is 15.5. The average Bonchev–Trinajstić information content (AvgIpc) is 3.30. The fraction of sp³-hybridized carbons (Fsp3) is 0.154. The molecule has 1 aliphatic rings. The van der Waals surface area contributed by atoms with Gasteiger partial charge >= 0.3 is 0 Å². The quantitative estimate of drug-likeness (QED) is 0.428. The summed E-state index contributed by atoms with van der Waals surface area (Å²) in [7, 11) is 0. The van der Waals surface area contributed by atoms with Crippen LogP contribution in [0.5, 0.6) is 0 Å². The van der Waals surface area contributed by atoms with Crippen LogP contribution in [-0.4, -0.2) is 32.3 Å². The van der Waals surface area contributed by atoms with E-state index in [1.165, 1.54) is 17.7 Å². The van der Waals surface area contributed by atoms with Crippen molar-refractivity contribution >= 4 is 34.1 Å². The second-order valence-electron chi connectivity index (χ2n) is 7.89. The number of nitrogens with zero attached hydrogens (tertiary/aromatic N) is 4. The maximum absolute atomic E-state index is 13.5. The van der Waals surface area contributed by atoms with Crippen molar-refractivity contribution in [3.8, 4) is 0 Å². The first-order chi connectivity index (χ1) is 16.2. The Morgan fingerprint density at radius 1 is 0.970 bits per heavy atom. The molecule has 0 radical (unpaired) electrons. The summed E-state index contributed by atoms with van der Waals surface area (Å²) < 4.78 is 13.5. The summed E-state index contributed by atoms with van der Waals surface area (Å²) in [5.74, 6) is -0.267. The Labute approximate surface area is 197 Å². The predicted molar refractivity (Wildman–Crippen MR) is 132 cm³/mol. The number of rotatable bonds is 5. The van der Waals surface area contributed by atoms with Gasteiger partial charge in [0.15, 0.2) is 5.11 Å². The van der Waals surface area contributed by atoms with Crippen molar-refractivity contribution in [3.05, 3.63) is 108 Å². The lowest BCUT2D eigenvalue weighted by atomic mass is 9.98. The lowest BCUT2D eigenvalue weighted by Gasteiger charge is -2.25. The zero-order chi connectivity index (χ0) is 22.6. The third kappa shape index (κ3) is 4.73. The number of hydrazone groups is 1. The number of aromatic nitrogens is 2. The Morgan fingerprint density at radius 3 is 2.52 bits per heavy atom. The van der Waals surface area contributed by atoms with E-state index in [0.29, 0.717) is 18.1 Å². The summed E-state index contributed by atoms with van der Waals surface area (Å²) in [6.07, 6.45) is 4.89. The van der Waals surface area contributed by atoms with Crippen molar-refractivity contribution in [1.82, 2.24) is 20.3 Å². The Bertz CT molecular complexity index is 1310. The van der Waals surface area contributed by atoms with E-state index in [1.54, 1.807) is 24.5 Å². The molecule has 1 aromatic heterocycles. The minimum Gasteiger partial charge on any atom is -0.361 e. The maximum atomic E-state index is 13.5. The molecule has 0 unspecified atom stereocenters. The van der Waals surface area contributed by atoms with Crippen molar-refractivity contribution < 1.29 is 4.39 Å². The number of benzene rings is 3. The molecule has 1 aliphatic heterocycles. The molecule has 0 fully saturated rings. The van der Waals surface area contributed by atoms with Crippen LogP contribution in [-0.2, 0) is 6.42 Å². The fourth-order valence-corrected chi connectivity index (χ4v) is 4.27. The molecule has 1 atom stereocenters. The second-order valence-corrected chi connectivity index (χ2v) is 8.28. The summed E-state index contributed by atoms with van der Waals surface area (Å²) in [5, 5.41) is 10.6. The minimum absolute atomic E-state index is 0.0896. The summed E-state index contributed by atoms with van der Waals surface area (Å²) >= 11 is 5.75. The molecule has 5 rings (SSSR count). The molecule has 0 saturated heterocycles. The lowest BCUT2D eigenvalue weighted by molar-refractivity contribution is 0.364. The van der Waals surface area contributed by atoms with Gasteiger partial charge in [-0.05, 0) is 59.6 Å². The van der Waals surface area contributed by atoms with E-state index in [4.69, 9.17) is 17.3 Å². The first-order valence-electron chi connectivity index (χ1n) is 10.8. The first kappa shape index (κ1) is 21.2. The largest absolute Gasteiger partial charge is 0.361 e. The summed E-state index contributed by atoms with van der Waals surface area (Å²) in [4.78, 5) is 8.81. The number of hydrogen-bond donors (Lipinski definition) is 1. The van der Waals surface area contributed by atoms with Gasteiger partial charge in [-0.15, -0.1) is 0 Å². The van der Waals surface area contributed by atoms with Crippen LogP contribution in [0, 0.1) is 5.82 Å². The molecular formula is C26H22FN5S. The van der Waals surface area contributed by atoms with Gasteiger partial charge in [0, 0.05) is 25.4 Å². The number of halogens is 1. The molecule has 2 heterocycles. The summed E-state index contributed by atoms with van der Waals surface area (Å²) in [6.45, 7) is 0.705. The number of fused-ring (bicyclic) bond motifs is 1. The molecule has 7 heteroatoms. The van der Waals surface area contributed by atoms with E-state index in [2.05, 4.69) is 27.4 Å². The highest BCUT2D eigenvalue weighted by Gasteiger charge is 2.31. The van der Waals surface area contributed by atoms with Gasteiger partial charge in [-0.2, -0.15) is 5.10 Å². The molecule has 1 N–H and O–H groups in total. The van der Waals surface area contributed by atoms with Crippen molar-refractivity contribution in [2.24, 2.45) is 5.10 Å². The van der Waals surface area contributed by atoms with Crippen molar-refractivity contribution in [3.63, 3.8) is 0 Å². The molecule has 0 aliphatic carbocycles. The van der Waals surface area contributed by atoms with E-state index in [1.807, 2.05) is 41.4 Å². The van der Waals surface area contributed by atoms with Gasteiger partial charge in [-0.3, -0.25) is 9.97 Å². The van der Waals surface area contributed by atoms with E-state index in [0.717, 1.165) is 34.3 Å². The molecule has 33 heavy (non-hydrogen) atoms. The standard InChI is InChI=1S/C26H22FN5S/c27-21-9-6-19(7-10-21)23-17-25(20-8-11-22-24(16-20)29-15-14-28-22)32(31-23)26(33)30-13-12-18-4-2-1-3-5-18/h1-11,14-16,25H,12-13,17H2,(H,30,33)/t25-/m1/s1. The molecule has 3 aromatic carbocycles. The van der Waals surface area contributed by atoms with Crippen LogP contribution in [0.3, 0.4) is 0 Å². The Hall–Kier alpha value is -3.71. The van der Waals surface area contributed by atoms with E-state index >= 15 is 0 Å². The number of hydrogen-bond acceptors (Lipinski definition) is 4. The maximum Gasteiger partial charge on any atom is 0.190 e. The average molecular weight is 456 g/mol. The smallest absolute Gasteiger partial charge is 0.190 e. The molecule has 0 saturated carbocycles. The lowest BCUT2D eigenvalue weighted by Crippen LogP contribution is -2.37. The van der Waals surface area contributed by atoms with Crippen molar-refractivity contribution in [2.75, 3.05) is 6.54 Å². The molecule has 0 bridgehead atoms. The van der Waals surface area contributed by atoms with Crippen LogP contribution in [0.15, 0.2) is 90.3 Å². The monoisotopic (exact) mass is 455 g/mol. The zero-order valence-corrected chi connectivity index (χ0v) is 18.7. The predicted octanol–water partition coefficient (Wildman–Crippen LogP) is 5.04. The van der Waals surface area contributed by atoms with E-state index in [-0.39, 0.29) is 11.9 Å². The van der Waals surface area contributed by atoms with Crippen molar-refractivity contribution in [2.45, 2.75) is 18.9 Å². The molecular weight excluding hydrogens is 433 g/mol. The highest BCUT2D eigenvalue weighted by atomic mass is 32.1. The van der Waals surface area contributed by atoms with E-state index in [9.17, 15) is 4.39 Å². The summed E-state index contributed by atoms with van der Waals surface area (Å²) in [6, 6.07) is 22.7. The summed E-state index contributed by atoms with van der Waals surface area (Å²) in [5.41, 5.74) is 5.72. The van der Waals surface area contributed by atoms with Gasteiger partial charge in [-0.25, -0.2) is 9.40 Å². The van der Waals surface area contributed by atoms with Crippen molar-refractivity contribution in [1.29, 1.82) is 0 Å². The molecule has 4 aromatic rings. The molecule has 5 nitrogen and oxygen atoms in total. The van der Waals surface area contributed by atoms with E-state index < -0.39 is 0 Å². The molecule has 0 amide bonds. The van der Waals surface area contributed by atoms with Gasteiger partial charge in [0.1, 0.15) is 5.82 Å². The van der Waals surface area contributed by atoms with Gasteiger partial charge in [0.25, 0.3) is 0 Å². The van der Waals surface area contributed by atoms with Crippen LogP contribution in [0.2, 0.25) is 0 Å². The molecule has 0 spiro atoms. The highest BCUT2D eigenvalue weighted by Crippen LogP contribution is 2.33. The third-order valence-corrected chi connectivity index (χ3v) is 6.04. The van der Waals surface area contributed by atoms with Crippen LogP contribution in [0.25, 0.3) is 11.0 Å². The Balaban J connectivity index is 1.40. The highest BCUT2D eigenvalue weighted by molar-refractivity contribution is 7.80.